The number of nitrogens with zero attached hydrogens (tertiary/aromatic N) is 1. The standard InChI is InChI=1S/C15H14BrNO4/c1-2-20-12-6-4-7-13(9-12)21-10-11-5-3-8-14(15(11)16)17(18)19/h3-9H,2,10H2,1H3. The Morgan fingerprint density at radius 1 is 1.14 bits per heavy atom. The zero-order valence-electron chi connectivity index (χ0n) is 11.4. The lowest BCUT2D eigenvalue weighted by atomic mass is 10.2. The van der Waals surface area contributed by atoms with E-state index in [4.69, 9.17) is 9.47 Å². The molecule has 2 aromatic rings. The molecule has 21 heavy (non-hydrogen) atoms. The first-order valence-corrected chi connectivity index (χ1v) is 7.18. The molecule has 6 heteroatoms. The SMILES string of the molecule is CCOc1cccc(OCc2cccc([N+](=O)[O-])c2Br)c1. The molecule has 0 amide bonds. The van der Waals surface area contributed by atoms with E-state index in [2.05, 4.69) is 15.9 Å². The maximum atomic E-state index is 10.9. The van der Waals surface area contributed by atoms with E-state index in [0.717, 1.165) is 5.75 Å². The molecule has 0 fully saturated rings. The van der Waals surface area contributed by atoms with Crippen LogP contribution in [0.1, 0.15) is 12.5 Å². The first-order valence-electron chi connectivity index (χ1n) is 6.39. The van der Waals surface area contributed by atoms with E-state index in [0.29, 0.717) is 22.4 Å². The highest BCUT2D eigenvalue weighted by atomic mass is 79.9. The maximum Gasteiger partial charge on any atom is 0.283 e. The Morgan fingerprint density at radius 3 is 2.48 bits per heavy atom. The van der Waals surface area contributed by atoms with Crippen molar-refractivity contribution in [2.75, 3.05) is 6.61 Å². The fraction of sp³-hybridized carbons (Fsp3) is 0.200. The van der Waals surface area contributed by atoms with Gasteiger partial charge in [0.05, 0.1) is 11.5 Å². The highest BCUT2D eigenvalue weighted by Crippen LogP contribution is 2.29. The van der Waals surface area contributed by atoms with E-state index >= 15 is 0 Å². The summed E-state index contributed by atoms with van der Waals surface area (Å²) in [6, 6.07) is 12.1. The topological polar surface area (TPSA) is 61.6 Å². The Hall–Kier alpha value is -2.08. The molecule has 0 aliphatic rings. The van der Waals surface area contributed by atoms with Crippen molar-refractivity contribution >= 4 is 21.6 Å². The lowest BCUT2D eigenvalue weighted by Crippen LogP contribution is -1.99. The summed E-state index contributed by atoms with van der Waals surface area (Å²) in [5.41, 5.74) is 0.741. The molecular weight excluding hydrogens is 338 g/mol. The normalized spacial score (nSPS) is 10.2. The van der Waals surface area contributed by atoms with Gasteiger partial charge >= 0.3 is 0 Å². The minimum absolute atomic E-state index is 0.0270. The predicted molar refractivity (Wildman–Crippen MR) is 82.7 cm³/mol. The minimum atomic E-state index is -0.427. The van der Waals surface area contributed by atoms with Gasteiger partial charge in [0.25, 0.3) is 5.69 Å². The molecule has 0 saturated heterocycles. The van der Waals surface area contributed by atoms with Crippen LogP contribution in [0, 0.1) is 10.1 Å². The van der Waals surface area contributed by atoms with Crippen LogP contribution in [0.2, 0.25) is 0 Å². The summed E-state index contributed by atoms with van der Waals surface area (Å²) in [6.07, 6.45) is 0. The summed E-state index contributed by atoms with van der Waals surface area (Å²) < 4.78 is 11.5. The molecule has 0 atom stereocenters. The molecular formula is C15H14BrNO4. The largest absolute Gasteiger partial charge is 0.494 e. The van der Waals surface area contributed by atoms with E-state index in [9.17, 15) is 10.1 Å². The maximum absolute atomic E-state index is 10.9. The van der Waals surface area contributed by atoms with Crippen molar-refractivity contribution in [3.8, 4) is 11.5 Å². The number of hydrogen-bond acceptors (Lipinski definition) is 4. The van der Waals surface area contributed by atoms with Gasteiger partial charge < -0.3 is 9.47 Å². The Balaban J connectivity index is 2.11. The van der Waals surface area contributed by atoms with Crippen molar-refractivity contribution < 1.29 is 14.4 Å². The number of rotatable bonds is 6. The summed E-state index contributed by atoms with van der Waals surface area (Å²) in [4.78, 5) is 10.5. The zero-order valence-corrected chi connectivity index (χ0v) is 13.0. The minimum Gasteiger partial charge on any atom is -0.494 e. The van der Waals surface area contributed by atoms with E-state index in [1.54, 1.807) is 18.2 Å². The van der Waals surface area contributed by atoms with Crippen LogP contribution in [-0.2, 0) is 6.61 Å². The number of benzene rings is 2. The Labute approximate surface area is 130 Å². The molecule has 0 N–H and O–H groups in total. The van der Waals surface area contributed by atoms with Crippen LogP contribution in [0.15, 0.2) is 46.9 Å². The van der Waals surface area contributed by atoms with Gasteiger partial charge in [0.1, 0.15) is 22.6 Å². The van der Waals surface area contributed by atoms with Crippen LogP contribution in [0.4, 0.5) is 5.69 Å². The van der Waals surface area contributed by atoms with Crippen molar-refractivity contribution in [3.63, 3.8) is 0 Å². The van der Waals surface area contributed by atoms with Crippen LogP contribution in [0.3, 0.4) is 0 Å². The van der Waals surface area contributed by atoms with Crippen LogP contribution < -0.4 is 9.47 Å². The van der Waals surface area contributed by atoms with Crippen molar-refractivity contribution in [2.24, 2.45) is 0 Å². The third kappa shape index (κ3) is 3.95. The zero-order chi connectivity index (χ0) is 15.2. The van der Waals surface area contributed by atoms with Gasteiger partial charge in [-0.2, -0.15) is 0 Å². The lowest BCUT2D eigenvalue weighted by Gasteiger charge is -2.09. The van der Waals surface area contributed by atoms with Gasteiger partial charge in [0.2, 0.25) is 0 Å². The third-order valence-electron chi connectivity index (χ3n) is 2.77. The van der Waals surface area contributed by atoms with Crippen LogP contribution in [0.5, 0.6) is 11.5 Å². The van der Waals surface area contributed by atoms with Gasteiger partial charge in [-0.1, -0.05) is 18.2 Å². The van der Waals surface area contributed by atoms with E-state index in [1.807, 2.05) is 25.1 Å². The van der Waals surface area contributed by atoms with Crippen LogP contribution >= 0.6 is 15.9 Å². The Morgan fingerprint density at radius 2 is 1.81 bits per heavy atom. The molecule has 0 spiro atoms. The highest BCUT2D eigenvalue weighted by Gasteiger charge is 2.15. The average Bonchev–Trinajstić information content (AvgIpc) is 2.46. The molecule has 0 aliphatic carbocycles. The molecule has 110 valence electrons. The Bertz CT molecular complexity index is 645. The smallest absolute Gasteiger partial charge is 0.283 e. The summed E-state index contributed by atoms with van der Waals surface area (Å²) in [6.45, 7) is 2.73. The van der Waals surface area contributed by atoms with Gasteiger partial charge in [-0.25, -0.2) is 0 Å². The van der Waals surface area contributed by atoms with Gasteiger partial charge in [0.15, 0.2) is 0 Å². The third-order valence-corrected chi connectivity index (χ3v) is 3.68. The Kier molecular flexibility index (Phi) is 5.16. The van der Waals surface area contributed by atoms with Gasteiger partial charge in [-0.15, -0.1) is 0 Å². The molecule has 5 nitrogen and oxygen atoms in total. The van der Waals surface area contributed by atoms with E-state index < -0.39 is 4.92 Å². The first kappa shape index (κ1) is 15.3. The van der Waals surface area contributed by atoms with Gasteiger partial charge in [-0.3, -0.25) is 10.1 Å². The van der Waals surface area contributed by atoms with E-state index in [-0.39, 0.29) is 12.3 Å². The van der Waals surface area contributed by atoms with Crippen LogP contribution in [-0.4, -0.2) is 11.5 Å². The fourth-order valence-corrected chi connectivity index (χ4v) is 2.32. The monoisotopic (exact) mass is 351 g/mol. The van der Waals surface area contributed by atoms with Crippen LogP contribution in [0.25, 0.3) is 0 Å². The summed E-state index contributed by atoms with van der Waals surface area (Å²) in [5.74, 6) is 1.38. The van der Waals surface area contributed by atoms with E-state index in [1.165, 1.54) is 6.07 Å². The highest BCUT2D eigenvalue weighted by molar-refractivity contribution is 9.10. The van der Waals surface area contributed by atoms with Gasteiger partial charge in [-0.05, 0) is 35.0 Å². The average molecular weight is 352 g/mol. The predicted octanol–water partition coefficient (Wildman–Crippen LogP) is 4.34. The molecule has 0 heterocycles. The molecule has 2 rings (SSSR count). The second kappa shape index (κ2) is 7.08. The number of hydrogen-bond donors (Lipinski definition) is 0. The quantitative estimate of drug-likeness (QED) is 0.573. The molecule has 0 bridgehead atoms. The van der Waals surface area contributed by atoms with Crippen molar-refractivity contribution in [3.05, 3.63) is 62.6 Å². The van der Waals surface area contributed by atoms with Crippen molar-refractivity contribution in [1.29, 1.82) is 0 Å². The molecule has 0 aliphatic heterocycles. The summed E-state index contributed by atoms with van der Waals surface area (Å²) in [5, 5.41) is 10.9. The molecule has 0 unspecified atom stereocenters. The van der Waals surface area contributed by atoms with Crippen molar-refractivity contribution in [1.82, 2.24) is 0 Å². The second-order valence-corrected chi connectivity index (χ2v) is 5.00. The van der Waals surface area contributed by atoms with Crippen molar-refractivity contribution in [2.45, 2.75) is 13.5 Å². The lowest BCUT2D eigenvalue weighted by molar-refractivity contribution is -0.385. The summed E-state index contributed by atoms with van der Waals surface area (Å²) in [7, 11) is 0. The summed E-state index contributed by atoms with van der Waals surface area (Å²) >= 11 is 3.25. The number of ether oxygens (including phenoxy) is 2. The first-order chi connectivity index (χ1) is 10.1. The number of nitro benzene ring substituents is 1. The molecule has 0 radical (unpaired) electrons. The fourth-order valence-electron chi connectivity index (χ4n) is 1.80. The number of nitro groups is 1. The molecule has 0 saturated carbocycles. The van der Waals surface area contributed by atoms with Gasteiger partial charge in [0, 0.05) is 17.7 Å². The molecule has 0 aromatic heterocycles. The molecule has 2 aromatic carbocycles. The second-order valence-electron chi connectivity index (χ2n) is 4.20. The number of halogens is 1.